The first-order chi connectivity index (χ1) is 6.36. The minimum absolute atomic E-state index is 0.0319. The van der Waals surface area contributed by atoms with Crippen LogP contribution in [-0.2, 0) is 6.54 Å². The van der Waals surface area contributed by atoms with Gasteiger partial charge in [-0.15, -0.1) is 0 Å². The van der Waals surface area contributed by atoms with Gasteiger partial charge in [-0.1, -0.05) is 6.92 Å². The van der Waals surface area contributed by atoms with Crippen LogP contribution in [0, 0.1) is 11.3 Å². The molecule has 4 nitrogen and oxygen atoms in total. The Morgan fingerprint density at radius 2 is 2.54 bits per heavy atom. The van der Waals surface area contributed by atoms with Gasteiger partial charge in [-0.05, 0) is 12.5 Å². The highest BCUT2D eigenvalue weighted by Gasteiger charge is 2.01. The monoisotopic (exact) mass is 178 g/mol. The van der Waals surface area contributed by atoms with Crippen molar-refractivity contribution in [2.45, 2.75) is 25.9 Å². The summed E-state index contributed by atoms with van der Waals surface area (Å²) < 4.78 is 1.84. The van der Waals surface area contributed by atoms with Crippen molar-refractivity contribution in [3.05, 3.63) is 18.5 Å². The second-order valence-corrected chi connectivity index (χ2v) is 2.81. The van der Waals surface area contributed by atoms with Gasteiger partial charge in [0.2, 0.25) is 0 Å². The Balaban J connectivity index is 2.18. The van der Waals surface area contributed by atoms with E-state index in [2.05, 4.69) is 16.5 Å². The highest BCUT2D eigenvalue weighted by Crippen LogP contribution is 1.88. The average molecular weight is 178 g/mol. The average Bonchev–Trinajstić information content (AvgIpc) is 2.65. The second kappa shape index (κ2) is 5.33. The molecule has 0 aliphatic rings. The van der Waals surface area contributed by atoms with E-state index < -0.39 is 0 Å². The Morgan fingerprint density at radius 1 is 1.69 bits per heavy atom. The first-order valence-corrected chi connectivity index (χ1v) is 4.47. The molecule has 13 heavy (non-hydrogen) atoms. The van der Waals surface area contributed by atoms with E-state index in [-0.39, 0.29) is 6.04 Å². The van der Waals surface area contributed by atoms with Gasteiger partial charge in [0.05, 0.1) is 18.7 Å². The summed E-state index contributed by atoms with van der Waals surface area (Å²) in [5, 5.41) is 15.8. The summed E-state index contributed by atoms with van der Waals surface area (Å²) in [5.41, 5.74) is 0. The maximum Gasteiger partial charge on any atom is 0.0950 e. The van der Waals surface area contributed by atoms with Gasteiger partial charge in [-0.25, -0.2) is 0 Å². The van der Waals surface area contributed by atoms with Gasteiger partial charge in [0.1, 0.15) is 0 Å². The Labute approximate surface area is 78.2 Å². The maximum absolute atomic E-state index is 8.65. The number of nitrogens with one attached hydrogen (secondary N) is 1. The summed E-state index contributed by atoms with van der Waals surface area (Å²) in [6.45, 7) is 3.59. The van der Waals surface area contributed by atoms with Crippen molar-refractivity contribution in [3.63, 3.8) is 0 Å². The minimum atomic E-state index is -0.0319. The Kier molecular flexibility index (Phi) is 4.00. The number of aromatic nitrogens is 2. The molecule has 0 aliphatic carbocycles. The van der Waals surface area contributed by atoms with Crippen LogP contribution >= 0.6 is 0 Å². The maximum atomic E-state index is 8.65. The molecule has 0 amide bonds. The largest absolute Gasteiger partial charge is 0.300 e. The van der Waals surface area contributed by atoms with E-state index in [9.17, 15) is 0 Å². The topological polar surface area (TPSA) is 53.6 Å². The number of hydrogen-bond acceptors (Lipinski definition) is 3. The summed E-state index contributed by atoms with van der Waals surface area (Å²) in [5.74, 6) is 0. The van der Waals surface area contributed by atoms with E-state index in [4.69, 9.17) is 5.26 Å². The molecule has 0 aliphatic heterocycles. The van der Waals surface area contributed by atoms with Gasteiger partial charge >= 0.3 is 0 Å². The van der Waals surface area contributed by atoms with Gasteiger partial charge in [0.15, 0.2) is 0 Å². The molecule has 0 saturated carbocycles. The van der Waals surface area contributed by atoms with Crippen LogP contribution in [0.25, 0.3) is 0 Å². The lowest BCUT2D eigenvalue weighted by Gasteiger charge is -2.08. The van der Waals surface area contributed by atoms with Crippen molar-refractivity contribution in [1.82, 2.24) is 15.1 Å². The van der Waals surface area contributed by atoms with E-state index in [1.165, 1.54) is 0 Å². The molecule has 1 rings (SSSR count). The highest BCUT2D eigenvalue weighted by molar-refractivity contribution is 4.88. The Bertz CT molecular complexity index is 260. The van der Waals surface area contributed by atoms with Crippen LogP contribution in [0.4, 0.5) is 0 Å². The second-order valence-electron chi connectivity index (χ2n) is 2.81. The fourth-order valence-corrected chi connectivity index (χ4v) is 1.07. The van der Waals surface area contributed by atoms with Crippen molar-refractivity contribution >= 4 is 0 Å². The summed E-state index contributed by atoms with van der Waals surface area (Å²) >= 11 is 0. The summed E-state index contributed by atoms with van der Waals surface area (Å²) in [6, 6.07) is 4.05. The molecule has 70 valence electrons. The van der Waals surface area contributed by atoms with Gasteiger partial charge in [-0.3, -0.25) is 4.68 Å². The molecule has 0 bridgehead atoms. The smallest absolute Gasteiger partial charge is 0.0950 e. The van der Waals surface area contributed by atoms with Crippen molar-refractivity contribution < 1.29 is 0 Å². The zero-order valence-electron chi connectivity index (χ0n) is 7.77. The molecular formula is C9H14N4. The van der Waals surface area contributed by atoms with Gasteiger partial charge < -0.3 is 5.32 Å². The van der Waals surface area contributed by atoms with Crippen LogP contribution in [-0.4, -0.2) is 22.4 Å². The van der Waals surface area contributed by atoms with E-state index in [0.29, 0.717) is 0 Å². The molecule has 0 radical (unpaired) electrons. The predicted molar refractivity (Wildman–Crippen MR) is 49.9 cm³/mol. The van der Waals surface area contributed by atoms with Crippen LogP contribution in [0.3, 0.4) is 0 Å². The van der Waals surface area contributed by atoms with Crippen molar-refractivity contribution in [2.24, 2.45) is 0 Å². The third-order valence-corrected chi connectivity index (χ3v) is 1.85. The van der Waals surface area contributed by atoms with Crippen LogP contribution in [0.5, 0.6) is 0 Å². The van der Waals surface area contributed by atoms with Crippen LogP contribution in [0.2, 0.25) is 0 Å². The van der Waals surface area contributed by atoms with Crippen LogP contribution in [0.15, 0.2) is 18.5 Å². The summed E-state index contributed by atoms with van der Waals surface area (Å²) in [7, 11) is 0. The third-order valence-electron chi connectivity index (χ3n) is 1.85. The SMILES string of the molecule is CCC(C#N)NCCn1cccn1. The molecule has 1 heterocycles. The number of hydrogen-bond donors (Lipinski definition) is 1. The Hall–Kier alpha value is -1.34. The molecule has 4 heteroatoms. The molecule has 1 atom stereocenters. The third kappa shape index (κ3) is 3.26. The van der Waals surface area contributed by atoms with Gasteiger partial charge in [-0.2, -0.15) is 10.4 Å². The molecule has 0 spiro atoms. The quantitative estimate of drug-likeness (QED) is 0.724. The van der Waals surface area contributed by atoms with Crippen molar-refractivity contribution in [2.75, 3.05) is 6.54 Å². The molecule has 1 N–H and O–H groups in total. The lowest BCUT2D eigenvalue weighted by molar-refractivity contribution is 0.517. The standard InChI is InChI=1S/C9H14N4/c1-2-9(8-10)11-5-7-13-6-3-4-12-13/h3-4,6,9,11H,2,5,7H2,1H3. The van der Waals surface area contributed by atoms with E-state index >= 15 is 0 Å². The van der Waals surface area contributed by atoms with Gasteiger partial charge in [0.25, 0.3) is 0 Å². The Morgan fingerprint density at radius 3 is 3.08 bits per heavy atom. The molecule has 1 aromatic heterocycles. The highest BCUT2D eigenvalue weighted by atomic mass is 15.3. The zero-order chi connectivity index (χ0) is 9.52. The lowest BCUT2D eigenvalue weighted by Crippen LogP contribution is -2.30. The first-order valence-electron chi connectivity index (χ1n) is 4.47. The molecule has 0 aromatic carbocycles. The summed E-state index contributed by atoms with van der Waals surface area (Å²) in [4.78, 5) is 0. The van der Waals surface area contributed by atoms with E-state index in [1.54, 1.807) is 6.20 Å². The predicted octanol–water partition coefficient (Wildman–Crippen LogP) is 0.775. The first kappa shape index (κ1) is 9.75. The van der Waals surface area contributed by atoms with E-state index in [0.717, 1.165) is 19.5 Å². The fraction of sp³-hybridized carbons (Fsp3) is 0.556. The van der Waals surface area contributed by atoms with Crippen molar-refractivity contribution in [3.8, 4) is 6.07 Å². The molecule has 1 aromatic rings. The lowest BCUT2D eigenvalue weighted by atomic mass is 10.2. The molecule has 1 unspecified atom stereocenters. The molecule has 0 fully saturated rings. The van der Waals surface area contributed by atoms with Crippen molar-refractivity contribution in [1.29, 1.82) is 5.26 Å². The molecule has 0 saturated heterocycles. The number of nitrogens with zero attached hydrogens (tertiary/aromatic N) is 3. The van der Waals surface area contributed by atoms with Gasteiger partial charge in [0, 0.05) is 18.9 Å². The van der Waals surface area contributed by atoms with Crippen LogP contribution in [0.1, 0.15) is 13.3 Å². The van der Waals surface area contributed by atoms with E-state index in [1.807, 2.05) is 23.9 Å². The minimum Gasteiger partial charge on any atom is -0.300 e. The number of nitriles is 1. The fourth-order valence-electron chi connectivity index (χ4n) is 1.07. The van der Waals surface area contributed by atoms with Crippen LogP contribution < -0.4 is 5.32 Å². The summed E-state index contributed by atoms with van der Waals surface area (Å²) in [6.07, 6.45) is 4.51. The zero-order valence-corrected chi connectivity index (χ0v) is 7.77. The number of rotatable bonds is 5. The normalized spacial score (nSPS) is 12.3. The molecular weight excluding hydrogens is 164 g/mol.